The van der Waals surface area contributed by atoms with E-state index >= 15 is 0 Å². The molecule has 0 fully saturated rings. The summed E-state index contributed by atoms with van der Waals surface area (Å²) in [6.45, 7) is 3.83. The summed E-state index contributed by atoms with van der Waals surface area (Å²) in [5.74, 6) is -0.345. The van der Waals surface area contributed by atoms with Crippen LogP contribution in [0.4, 0.5) is 0 Å². The number of rotatable bonds is 4. The van der Waals surface area contributed by atoms with E-state index in [4.69, 9.17) is 10.00 Å². The molecule has 1 aromatic rings. The van der Waals surface area contributed by atoms with Crippen LogP contribution >= 0.6 is 0 Å². The monoisotopic (exact) mass is 217 g/mol. The molecule has 0 amide bonds. The molecule has 3 heteroatoms. The fourth-order valence-corrected chi connectivity index (χ4v) is 1.55. The van der Waals surface area contributed by atoms with Crippen molar-refractivity contribution in [3.05, 3.63) is 35.9 Å². The lowest BCUT2D eigenvalue weighted by Crippen LogP contribution is -2.34. The average molecular weight is 217 g/mol. The van der Waals surface area contributed by atoms with Crippen LogP contribution in [-0.4, -0.2) is 12.6 Å². The molecule has 0 heterocycles. The lowest BCUT2D eigenvalue weighted by molar-refractivity contribution is -0.149. The first-order chi connectivity index (χ1) is 7.65. The highest BCUT2D eigenvalue weighted by Crippen LogP contribution is 2.28. The molecule has 0 unspecified atom stereocenters. The van der Waals surface area contributed by atoms with Gasteiger partial charge in [-0.2, -0.15) is 5.26 Å². The van der Waals surface area contributed by atoms with E-state index in [1.54, 1.807) is 13.8 Å². The van der Waals surface area contributed by atoms with E-state index in [0.29, 0.717) is 6.61 Å². The average Bonchev–Trinajstić information content (AvgIpc) is 2.30. The molecular weight excluding hydrogens is 202 g/mol. The molecule has 16 heavy (non-hydrogen) atoms. The zero-order valence-electron chi connectivity index (χ0n) is 9.56. The van der Waals surface area contributed by atoms with Crippen LogP contribution in [0.5, 0.6) is 0 Å². The Hall–Kier alpha value is -1.82. The maximum atomic E-state index is 11.9. The molecule has 1 rings (SSSR count). The summed E-state index contributed by atoms with van der Waals surface area (Å²) < 4.78 is 5.02. The summed E-state index contributed by atoms with van der Waals surface area (Å²) in [6.07, 6.45) is 0.121. The van der Waals surface area contributed by atoms with Gasteiger partial charge in [0.2, 0.25) is 0 Å². The molecule has 1 aromatic carbocycles. The van der Waals surface area contributed by atoms with Gasteiger partial charge < -0.3 is 4.74 Å². The molecule has 84 valence electrons. The molecule has 0 N–H and O–H groups in total. The van der Waals surface area contributed by atoms with Crippen molar-refractivity contribution in [2.24, 2.45) is 0 Å². The Morgan fingerprint density at radius 3 is 2.56 bits per heavy atom. The second-order valence-corrected chi connectivity index (χ2v) is 3.75. The lowest BCUT2D eigenvalue weighted by atomic mass is 9.80. The standard InChI is InChI=1S/C13H15NO2/c1-3-16-12(15)13(2,9-10-14)11-7-5-4-6-8-11/h4-8H,3,9H2,1-2H3/t13-/m1/s1. The first-order valence-corrected chi connectivity index (χ1v) is 5.25. The van der Waals surface area contributed by atoms with Gasteiger partial charge in [0.25, 0.3) is 0 Å². The Morgan fingerprint density at radius 2 is 2.06 bits per heavy atom. The van der Waals surface area contributed by atoms with Crippen molar-refractivity contribution >= 4 is 5.97 Å². The summed E-state index contributed by atoms with van der Waals surface area (Å²) in [6, 6.07) is 11.3. The van der Waals surface area contributed by atoms with Gasteiger partial charge in [0, 0.05) is 0 Å². The highest BCUT2D eigenvalue weighted by atomic mass is 16.5. The quantitative estimate of drug-likeness (QED) is 0.728. The van der Waals surface area contributed by atoms with Crippen molar-refractivity contribution < 1.29 is 9.53 Å². The maximum Gasteiger partial charge on any atom is 0.317 e. The minimum Gasteiger partial charge on any atom is -0.465 e. The number of hydrogen-bond donors (Lipinski definition) is 0. The summed E-state index contributed by atoms with van der Waals surface area (Å²) in [5, 5.41) is 8.82. The largest absolute Gasteiger partial charge is 0.465 e. The minimum absolute atomic E-state index is 0.121. The Bertz CT molecular complexity index is 394. The maximum absolute atomic E-state index is 11.9. The Balaban J connectivity index is 3.07. The zero-order valence-corrected chi connectivity index (χ0v) is 9.56. The summed E-state index contributed by atoms with van der Waals surface area (Å²) >= 11 is 0. The van der Waals surface area contributed by atoms with Crippen LogP contribution in [0.15, 0.2) is 30.3 Å². The molecule has 0 radical (unpaired) electrons. The van der Waals surface area contributed by atoms with E-state index in [-0.39, 0.29) is 12.4 Å². The molecule has 0 saturated carbocycles. The van der Waals surface area contributed by atoms with Crippen LogP contribution in [0.1, 0.15) is 25.8 Å². The number of carbonyl (C=O) groups excluding carboxylic acids is 1. The van der Waals surface area contributed by atoms with Gasteiger partial charge in [0.15, 0.2) is 0 Å². The highest BCUT2D eigenvalue weighted by molar-refractivity contribution is 5.83. The number of nitrogens with zero attached hydrogens (tertiary/aromatic N) is 1. The molecule has 0 aromatic heterocycles. The topological polar surface area (TPSA) is 50.1 Å². The van der Waals surface area contributed by atoms with Gasteiger partial charge in [0.1, 0.15) is 5.41 Å². The SMILES string of the molecule is CCOC(=O)[C@](C)(CC#N)c1ccccc1. The molecule has 3 nitrogen and oxygen atoms in total. The molecule has 0 aliphatic carbocycles. The Morgan fingerprint density at radius 1 is 1.44 bits per heavy atom. The van der Waals surface area contributed by atoms with Crippen LogP contribution < -0.4 is 0 Å². The molecule has 0 bridgehead atoms. The van der Waals surface area contributed by atoms with Gasteiger partial charge in [-0.1, -0.05) is 30.3 Å². The van der Waals surface area contributed by atoms with E-state index in [1.807, 2.05) is 36.4 Å². The predicted octanol–water partition coefficient (Wildman–Crippen LogP) is 2.42. The Kier molecular flexibility index (Phi) is 4.07. The molecule has 0 aliphatic heterocycles. The molecule has 0 spiro atoms. The third-order valence-electron chi connectivity index (χ3n) is 2.57. The van der Waals surface area contributed by atoms with E-state index in [1.165, 1.54) is 0 Å². The summed E-state index contributed by atoms with van der Waals surface area (Å²) in [5.41, 5.74) is -0.0542. The summed E-state index contributed by atoms with van der Waals surface area (Å²) in [7, 11) is 0. The fourth-order valence-electron chi connectivity index (χ4n) is 1.55. The van der Waals surface area contributed by atoms with Gasteiger partial charge in [-0.3, -0.25) is 4.79 Å². The first kappa shape index (κ1) is 12.3. The number of nitriles is 1. The van der Waals surface area contributed by atoms with Crippen LogP contribution in [0, 0.1) is 11.3 Å². The molecule has 0 aliphatic rings. The van der Waals surface area contributed by atoms with Crippen molar-refractivity contribution in [1.29, 1.82) is 5.26 Å². The number of ether oxygens (including phenoxy) is 1. The van der Waals surface area contributed by atoms with Crippen molar-refractivity contribution in [3.63, 3.8) is 0 Å². The number of hydrogen-bond acceptors (Lipinski definition) is 3. The van der Waals surface area contributed by atoms with E-state index < -0.39 is 5.41 Å². The van der Waals surface area contributed by atoms with Gasteiger partial charge in [-0.25, -0.2) is 0 Å². The van der Waals surface area contributed by atoms with Gasteiger partial charge >= 0.3 is 5.97 Å². The third kappa shape index (κ3) is 2.40. The van der Waals surface area contributed by atoms with Gasteiger partial charge in [-0.15, -0.1) is 0 Å². The second kappa shape index (κ2) is 5.32. The van der Waals surface area contributed by atoms with E-state index in [9.17, 15) is 4.79 Å². The zero-order chi connectivity index (χ0) is 12.0. The number of carbonyl (C=O) groups is 1. The molecule has 0 saturated heterocycles. The molecular formula is C13H15NO2. The Labute approximate surface area is 95.7 Å². The highest BCUT2D eigenvalue weighted by Gasteiger charge is 2.36. The van der Waals surface area contributed by atoms with Crippen molar-refractivity contribution in [2.75, 3.05) is 6.61 Å². The molecule has 1 atom stereocenters. The summed E-state index contributed by atoms with van der Waals surface area (Å²) in [4.78, 5) is 11.9. The van der Waals surface area contributed by atoms with E-state index in [0.717, 1.165) is 5.56 Å². The van der Waals surface area contributed by atoms with Crippen molar-refractivity contribution in [1.82, 2.24) is 0 Å². The van der Waals surface area contributed by atoms with Crippen LogP contribution in [0.25, 0.3) is 0 Å². The number of esters is 1. The van der Waals surface area contributed by atoms with Gasteiger partial charge in [-0.05, 0) is 19.4 Å². The second-order valence-electron chi connectivity index (χ2n) is 3.75. The smallest absolute Gasteiger partial charge is 0.317 e. The predicted molar refractivity (Wildman–Crippen MR) is 60.7 cm³/mol. The third-order valence-corrected chi connectivity index (χ3v) is 2.57. The van der Waals surface area contributed by atoms with Crippen LogP contribution in [-0.2, 0) is 14.9 Å². The van der Waals surface area contributed by atoms with Crippen LogP contribution in [0.3, 0.4) is 0 Å². The first-order valence-electron chi connectivity index (χ1n) is 5.25. The number of benzene rings is 1. The van der Waals surface area contributed by atoms with Crippen molar-refractivity contribution in [2.45, 2.75) is 25.7 Å². The normalized spacial score (nSPS) is 13.6. The van der Waals surface area contributed by atoms with E-state index in [2.05, 4.69) is 0 Å². The fraction of sp³-hybridized carbons (Fsp3) is 0.385. The minimum atomic E-state index is -0.869. The van der Waals surface area contributed by atoms with Crippen molar-refractivity contribution in [3.8, 4) is 6.07 Å². The van der Waals surface area contributed by atoms with Gasteiger partial charge in [0.05, 0.1) is 19.1 Å². The van der Waals surface area contributed by atoms with Crippen LogP contribution in [0.2, 0.25) is 0 Å². The lowest BCUT2D eigenvalue weighted by Gasteiger charge is -2.24.